The Labute approximate surface area is 163 Å². The number of hydrogen-bond donors (Lipinski definition) is 0. The molecule has 12 nitrogen and oxygen atoms in total. The van der Waals surface area contributed by atoms with Crippen molar-refractivity contribution in [2.45, 2.75) is 33.9 Å². The van der Waals surface area contributed by atoms with Crippen molar-refractivity contribution in [1.82, 2.24) is 14.0 Å². The van der Waals surface area contributed by atoms with E-state index in [1.165, 1.54) is 20.8 Å². The molecule has 0 N–H and O–H groups in total. The van der Waals surface area contributed by atoms with Gasteiger partial charge in [-0.15, -0.1) is 0 Å². The van der Waals surface area contributed by atoms with E-state index in [9.17, 15) is 28.8 Å². The van der Waals surface area contributed by atoms with Crippen LogP contribution in [0.4, 0.5) is 0 Å². The molecular weight excluding hydrogens is 390 g/mol. The number of ether oxygens (including phenoxy) is 1. The van der Waals surface area contributed by atoms with Crippen molar-refractivity contribution in [1.29, 1.82) is 0 Å². The van der Waals surface area contributed by atoms with E-state index in [1.54, 1.807) is 0 Å². The quantitative estimate of drug-likeness (QED) is 0.403. The van der Waals surface area contributed by atoms with Gasteiger partial charge >= 0.3 is 35.0 Å². The van der Waals surface area contributed by atoms with Crippen LogP contribution in [0.5, 0.6) is 0 Å². The minimum Gasteiger partial charge on any atom is -0.438 e. The van der Waals surface area contributed by atoms with E-state index in [0.29, 0.717) is 0 Å². The summed E-state index contributed by atoms with van der Waals surface area (Å²) in [7, 11) is 0. The molecule has 0 amide bonds. The molecule has 0 bridgehead atoms. The number of esters is 1. The standard InChI is InChI=1S/C17H19N3O9/c1-8(2)12(21)27-11(7)18-15(24)19(28-13(22)9(3)4)17(26)20(16(18)25)29-14(23)10(5)6/h11H,1,3,5H2,2,4,6-7H3. The summed E-state index contributed by atoms with van der Waals surface area (Å²) in [5.74, 6) is -3.32. The van der Waals surface area contributed by atoms with Gasteiger partial charge in [-0.3, -0.25) is 0 Å². The SMILES string of the molecule is C=C(C)C(=O)OC(C)n1c(=O)n(OC(=O)C(=C)C)c(=O)n(OC(=O)C(=C)C)c1=O. The van der Waals surface area contributed by atoms with Crippen LogP contribution in [0.2, 0.25) is 0 Å². The molecule has 1 aromatic heterocycles. The van der Waals surface area contributed by atoms with E-state index < -0.39 is 41.2 Å². The van der Waals surface area contributed by atoms with E-state index in [0.717, 1.165) is 6.92 Å². The van der Waals surface area contributed by atoms with Crippen molar-refractivity contribution < 1.29 is 28.8 Å². The zero-order valence-corrected chi connectivity index (χ0v) is 16.2. The summed E-state index contributed by atoms with van der Waals surface area (Å²) in [6.45, 7) is 14.9. The molecule has 0 aliphatic rings. The molecule has 1 rings (SSSR count). The van der Waals surface area contributed by atoms with Crippen LogP contribution in [-0.2, 0) is 19.1 Å². The molecule has 29 heavy (non-hydrogen) atoms. The zero-order valence-electron chi connectivity index (χ0n) is 16.2. The second-order valence-electron chi connectivity index (χ2n) is 5.91. The highest BCUT2D eigenvalue weighted by atomic mass is 16.7. The molecule has 0 fully saturated rings. The molecule has 1 unspecified atom stereocenters. The van der Waals surface area contributed by atoms with Crippen LogP contribution >= 0.6 is 0 Å². The molecule has 156 valence electrons. The first kappa shape index (κ1) is 23.1. The predicted molar refractivity (Wildman–Crippen MR) is 97.6 cm³/mol. The van der Waals surface area contributed by atoms with Crippen LogP contribution in [-0.4, -0.2) is 31.9 Å². The first-order valence-electron chi connectivity index (χ1n) is 7.93. The number of rotatable bonds is 7. The maximum absolute atomic E-state index is 12.6. The van der Waals surface area contributed by atoms with Gasteiger partial charge < -0.3 is 14.4 Å². The highest BCUT2D eigenvalue weighted by molar-refractivity contribution is 5.88. The fraction of sp³-hybridized carbons (Fsp3) is 0.294. The Morgan fingerprint density at radius 1 is 0.724 bits per heavy atom. The third-order valence-electron chi connectivity index (χ3n) is 3.14. The van der Waals surface area contributed by atoms with Gasteiger partial charge in [0, 0.05) is 16.7 Å². The average Bonchev–Trinajstić information content (AvgIpc) is 2.61. The number of hydrogen-bond acceptors (Lipinski definition) is 9. The van der Waals surface area contributed by atoms with Gasteiger partial charge in [0.2, 0.25) is 0 Å². The van der Waals surface area contributed by atoms with E-state index in [1.807, 2.05) is 0 Å². The number of nitrogens with zero attached hydrogens (tertiary/aromatic N) is 3. The Bertz CT molecular complexity index is 1030. The number of carbonyl (C=O) groups is 3. The number of carbonyl (C=O) groups excluding carboxylic acids is 3. The predicted octanol–water partition coefficient (Wildman–Crippen LogP) is -1.13. The fourth-order valence-electron chi connectivity index (χ4n) is 1.62. The van der Waals surface area contributed by atoms with Crippen molar-refractivity contribution in [2.75, 3.05) is 0 Å². The highest BCUT2D eigenvalue weighted by Crippen LogP contribution is 2.05. The maximum Gasteiger partial charge on any atom is 0.404 e. The van der Waals surface area contributed by atoms with Crippen LogP contribution in [0.1, 0.15) is 33.9 Å². The monoisotopic (exact) mass is 409 g/mol. The molecule has 0 saturated carbocycles. The summed E-state index contributed by atoms with van der Waals surface area (Å²) in [5, 5.41) is 0. The lowest BCUT2D eigenvalue weighted by molar-refractivity contribution is -0.151. The first-order chi connectivity index (χ1) is 13.3. The third-order valence-corrected chi connectivity index (χ3v) is 3.14. The third kappa shape index (κ3) is 5.06. The summed E-state index contributed by atoms with van der Waals surface area (Å²) in [4.78, 5) is 82.0. The fourth-order valence-corrected chi connectivity index (χ4v) is 1.62. The van der Waals surface area contributed by atoms with Crippen molar-refractivity contribution in [2.24, 2.45) is 0 Å². The summed E-state index contributed by atoms with van der Waals surface area (Å²) in [6.07, 6.45) is -1.59. The Hall–Kier alpha value is -3.96. The first-order valence-corrected chi connectivity index (χ1v) is 7.93. The topological polar surface area (TPSA) is 145 Å². The molecular formula is C17H19N3O9. The number of aromatic nitrogens is 3. The van der Waals surface area contributed by atoms with E-state index >= 15 is 0 Å². The summed E-state index contributed by atoms with van der Waals surface area (Å²) in [6, 6.07) is 0. The highest BCUT2D eigenvalue weighted by Gasteiger charge is 2.26. The van der Waals surface area contributed by atoms with Crippen LogP contribution in [0.25, 0.3) is 0 Å². The summed E-state index contributed by atoms with van der Waals surface area (Å²) >= 11 is 0. The van der Waals surface area contributed by atoms with Gasteiger partial charge in [-0.1, -0.05) is 29.2 Å². The maximum atomic E-state index is 12.6. The van der Waals surface area contributed by atoms with Crippen molar-refractivity contribution in [3.05, 3.63) is 67.9 Å². The van der Waals surface area contributed by atoms with Gasteiger partial charge in [0.15, 0.2) is 6.23 Å². The lowest BCUT2D eigenvalue weighted by atomic mass is 10.4. The Morgan fingerprint density at radius 3 is 1.38 bits per heavy atom. The van der Waals surface area contributed by atoms with Gasteiger partial charge in [-0.05, 0) is 27.7 Å². The molecule has 1 heterocycles. The van der Waals surface area contributed by atoms with Crippen molar-refractivity contribution in [3.8, 4) is 0 Å². The lowest BCUT2D eigenvalue weighted by Crippen LogP contribution is -2.60. The van der Waals surface area contributed by atoms with Crippen molar-refractivity contribution in [3.63, 3.8) is 0 Å². The van der Waals surface area contributed by atoms with E-state index in [2.05, 4.69) is 29.4 Å². The second kappa shape index (κ2) is 8.82. The molecule has 12 heteroatoms. The Kier molecular flexibility index (Phi) is 7.02. The molecule has 0 spiro atoms. The molecule has 0 aliphatic heterocycles. The van der Waals surface area contributed by atoms with E-state index in [-0.39, 0.29) is 30.7 Å². The largest absolute Gasteiger partial charge is 0.438 e. The second-order valence-corrected chi connectivity index (χ2v) is 5.91. The van der Waals surface area contributed by atoms with Crippen LogP contribution in [0.15, 0.2) is 50.8 Å². The lowest BCUT2D eigenvalue weighted by Gasteiger charge is -2.17. The van der Waals surface area contributed by atoms with Crippen LogP contribution < -0.4 is 26.7 Å². The molecule has 0 saturated heterocycles. The van der Waals surface area contributed by atoms with E-state index in [4.69, 9.17) is 4.74 Å². The Morgan fingerprint density at radius 2 is 1.07 bits per heavy atom. The van der Waals surface area contributed by atoms with Crippen LogP contribution in [0.3, 0.4) is 0 Å². The molecule has 1 aromatic rings. The zero-order chi connectivity index (χ0) is 22.6. The van der Waals surface area contributed by atoms with Gasteiger partial charge in [0.25, 0.3) is 0 Å². The smallest absolute Gasteiger partial charge is 0.404 e. The van der Waals surface area contributed by atoms with Crippen LogP contribution in [0, 0.1) is 0 Å². The van der Waals surface area contributed by atoms with Gasteiger partial charge in [-0.2, -0.15) is 0 Å². The molecule has 0 aromatic carbocycles. The summed E-state index contributed by atoms with van der Waals surface area (Å²) < 4.78 is 4.83. The van der Waals surface area contributed by atoms with Gasteiger partial charge in [0.05, 0.1) is 0 Å². The molecule has 0 radical (unpaired) electrons. The summed E-state index contributed by atoms with van der Waals surface area (Å²) in [5.41, 5.74) is -4.94. The molecule has 1 atom stereocenters. The minimum atomic E-state index is -1.60. The normalized spacial score (nSPS) is 11.2. The van der Waals surface area contributed by atoms with Gasteiger partial charge in [-0.25, -0.2) is 33.3 Å². The molecule has 0 aliphatic carbocycles. The average molecular weight is 409 g/mol. The Balaban J connectivity index is 3.76. The van der Waals surface area contributed by atoms with Gasteiger partial charge in [0.1, 0.15) is 0 Å². The van der Waals surface area contributed by atoms with Crippen molar-refractivity contribution >= 4 is 17.9 Å². The minimum absolute atomic E-state index is 0.0408.